The van der Waals surface area contributed by atoms with Gasteiger partial charge in [0.15, 0.2) is 0 Å². The van der Waals surface area contributed by atoms with Crippen LogP contribution < -0.4 is 4.74 Å². The minimum atomic E-state index is -0.970. The first-order valence-corrected chi connectivity index (χ1v) is 18.8. The number of benzene rings is 2. The van der Waals surface area contributed by atoms with E-state index in [2.05, 4.69) is 38.1 Å². The predicted octanol–water partition coefficient (Wildman–Crippen LogP) is 8.83. The fourth-order valence-corrected chi connectivity index (χ4v) is 13.1. The standard InChI is InChI=1S/C42H53NO4/c1-39-14-11-33(44)21-32(39)8-10-35-36(39)12-15-40(2)37(35)13-16-42(40,46)26-43(25-41-22-27-17-28(23-41)19-29(18-27)24-41)38(45)47-34-9-7-30-5-3-4-6-31(30)20-34/h3-10,20,27-29,33,36-37,44,46H,11-19,21-26H2,1-2H3/t27?,28?,29?,33-,36-,37-,39-,40-,41?,42+/m0/s1. The zero-order valence-corrected chi connectivity index (χ0v) is 28.4. The van der Waals surface area contributed by atoms with Crippen LogP contribution in [0.25, 0.3) is 10.8 Å². The van der Waals surface area contributed by atoms with Crippen molar-refractivity contribution in [1.82, 2.24) is 4.90 Å². The Bertz CT molecular complexity index is 1620. The van der Waals surface area contributed by atoms with Gasteiger partial charge in [-0.1, -0.05) is 67.5 Å². The van der Waals surface area contributed by atoms with Gasteiger partial charge in [-0.25, -0.2) is 4.79 Å². The Hall–Kier alpha value is -2.63. The van der Waals surface area contributed by atoms with Gasteiger partial charge in [0.25, 0.3) is 0 Å². The maximum atomic E-state index is 14.4. The number of carbonyl (C=O) groups is 1. The van der Waals surface area contributed by atoms with Crippen LogP contribution in [0, 0.1) is 45.8 Å². The van der Waals surface area contributed by atoms with Crippen molar-refractivity contribution >= 4 is 16.9 Å². The molecule has 2 aromatic rings. The lowest BCUT2D eigenvalue weighted by Crippen LogP contribution is -2.59. The van der Waals surface area contributed by atoms with Gasteiger partial charge >= 0.3 is 6.09 Å². The number of hydrogen-bond acceptors (Lipinski definition) is 4. The van der Waals surface area contributed by atoms with Crippen LogP contribution >= 0.6 is 0 Å². The molecule has 7 fully saturated rings. The third kappa shape index (κ3) is 4.80. The molecule has 250 valence electrons. The number of fused-ring (bicyclic) bond motifs is 6. The van der Waals surface area contributed by atoms with Crippen LogP contribution in [0.5, 0.6) is 5.75 Å². The van der Waals surface area contributed by atoms with Gasteiger partial charge in [0.05, 0.1) is 18.2 Å². The summed E-state index contributed by atoms with van der Waals surface area (Å²) in [7, 11) is 0. The smallest absolute Gasteiger partial charge is 0.410 e. The zero-order chi connectivity index (χ0) is 32.2. The van der Waals surface area contributed by atoms with Gasteiger partial charge in [-0.15, -0.1) is 0 Å². The summed E-state index contributed by atoms with van der Waals surface area (Å²) in [4.78, 5) is 16.3. The van der Waals surface area contributed by atoms with E-state index in [-0.39, 0.29) is 28.4 Å². The molecule has 2 aromatic carbocycles. The normalized spacial score (nSPS) is 43.1. The number of aliphatic hydroxyl groups is 2. The Morgan fingerprint density at radius 1 is 0.851 bits per heavy atom. The first kappa shape index (κ1) is 30.4. The lowest BCUT2D eigenvalue weighted by atomic mass is 9.49. The van der Waals surface area contributed by atoms with E-state index < -0.39 is 5.60 Å². The second-order valence-electron chi connectivity index (χ2n) is 18.0. The number of amides is 1. The highest BCUT2D eigenvalue weighted by atomic mass is 16.6. The van der Waals surface area contributed by atoms with Crippen LogP contribution in [-0.4, -0.2) is 46.0 Å². The van der Waals surface area contributed by atoms with Crippen LogP contribution in [-0.2, 0) is 0 Å². The molecule has 6 atom stereocenters. The van der Waals surface area contributed by atoms with Crippen molar-refractivity contribution in [1.29, 1.82) is 0 Å². The van der Waals surface area contributed by atoms with E-state index in [1.54, 1.807) is 0 Å². The summed E-state index contributed by atoms with van der Waals surface area (Å²) >= 11 is 0. The van der Waals surface area contributed by atoms with Gasteiger partial charge in [0.1, 0.15) is 5.75 Å². The van der Waals surface area contributed by atoms with Gasteiger partial charge in [-0.3, -0.25) is 0 Å². The minimum absolute atomic E-state index is 0.111. The van der Waals surface area contributed by atoms with Gasteiger partial charge in [0, 0.05) is 12.0 Å². The lowest BCUT2D eigenvalue weighted by molar-refractivity contribution is -0.112. The quantitative estimate of drug-likeness (QED) is 0.345. The topological polar surface area (TPSA) is 70.0 Å². The summed E-state index contributed by atoms with van der Waals surface area (Å²) in [5.74, 6) is 3.76. The van der Waals surface area contributed by atoms with E-state index in [9.17, 15) is 15.0 Å². The van der Waals surface area contributed by atoms with Gasteiger partial charge in [-0.2, -0.15) is 0 Å². The molecule has 2 N–H and O–H groups in total. The van der Waals surface area contributed by atoms with Crippen molar-refractivity contribution in [2.45, 2.75) is 109 Å². The molecule has 5 heteroatoms. The molecule has 4 bridgehead atoms. The van der Waals surface area contributed by atoms with Crippen molar-refractivity contribution in [2.75, 3.05) is 13.1 Å². The number of hydrogen-bond donors (Lipinski definition) is 2. The second kappa shape index (κ2) is 10.7. The molecule has 0 spiro atoms. The molecule has 0 aromatic heterocycles. The number of ether oxygens (including phenoxy) is 1. The summed E-state index contributed by atoms with van der Waals surface area (Å²) in [6.45, 7) is 5.80. The van der Waals surface area contributed by atoms with Crippen LogP contribution in [0.3, 0.4) is 0 Å². The Labute approximate surface area is 280 Å². The highest BCUT2D eigenvalue weighted by Gasteiger charge is 2.63. The molecule has 8 aliphatic rings. The zero-order valence-electron chi connectivity index (χ0n) is 28.4. The van der Waals surface area contributed by atoms with Crippen LogP contribution in [0.15, 0.2) is 65.8 Å². The molecule has 8 aliphatic carbocycles. The minimum Gasteiger partial charge on any atom is -0.410 e. The van der Waals surface area contributed by atoms with Crippen LogP contribution in [0.4, 0.5) is 4.79 Å². The van der Waals surface area contributed by atoms with E-state index in [0.717, 1.165) is 67.1 Å². The maximum absolute atomic E-state index is 14.4. The van der Waals surface area contributed by atoms with Crippen molar-refractivity contribution in [3.8, 4) is 5.75 Å². The van der Waals surface area contributed by atoms with Gasteiger partial charge < -0.3 is 19.8 Å². The van der Waals surface area contributed by atoms with Crippen LogP contribution in [0.2, 0.25) is 0 Å². The summed E-state index contributed by atoms with van der Waals surface area (Å²) in [5.41, 5.74) is 1.93. The van der Waals surface area contributed by atoms with E-state index in [4.69, 9.17) is 4.74 Å². The molecule has 0 unspecified atom stereocenters. The molecule has 0 heterocycles. The predicted molar refractivity (Wildman–Crippen MR) is 185 cm³/mol. The molecule has 10 rings (SSSR count). The number of nitrogens with zero attached hydrogens (tertiary/aromatic N) is 1. The third-order valence-corrected chi connectivity index (χ3v) is 15.2. The Kier molecular flexibility index (Phi) is 6.92. The average molecular weight is 636 g/mol. The molecule has 0 aliphatic heterocycles. The molecule has 0 saturated heterocycles. The first-order valence-electron chi connectivity index (χ1n) is 18.8. The fourth-order valence-electron chi connectivity index (χ4n) is 13.1. The summed E-state index contributed by atoms with van der Waals surface area (Å²) < 4.78 is 6.23. The highest BCUT2D eigenvalue weighted by molar-refractivity contribution is 5.84. The number of aliphatic hydroxyl groups excluding tert-OH is 1. The molecule has 7 saturated carbocycles. The first-order chi connectivity index (χ1) is 22.5. The van der Waals surface area contributed by atoms with E-state index in [1.165, 1.54) is 49.7 Å². The molecular formula is C42H53NO4. The molecule has 1 amide bonds. The maximum Gasteiger partial charge on any atom is 0.415 e. The van der Waals surface area contributed by atoms with Crippen molar-refractivity contribution < 1.29 is 19.7 Å². The number of allylic oxidation sites excluding steroid dienone is 3. The summed E-state index contributed by atoms with van der Waals surface area (Å²) in [6.07, 6.45) is 18.3. The average Bonchev–Trinajstić information content (AvgIpc) is 3.30. The van der Waals surface area contributed by atoms with Gasteiger partial charge in [-0.05, 0) is 147 Å². The molecular weight excluding hydrogens is 582 g/mol. The Morgan fingerprint density at radius 2 is 1.55 bits per heavy atom. The van der Waals surface area contributed by atoms with Crippen LogP contribution in [0.1, 0.15) is 97.3 Å². The number of rotatable bonds is 5. The molecule has 47 heavy (non-hydrogen) atoms. The van der Waals surface area contributed by atoms with E-state index >= 15 is 0 Å². The van der Waals surface area contributed by atoms with E-state index in [1.807, 2.05) is 35.2 Å². The third-order valence-electron chi connectivity index (χ3n) is 15.2. The number of carbonyl (C=O) groups excluding carboxylic acids is 1. The largest absolute Gasteiger partial charge is 0.415 e. The molecule has 5 nitrogen and oxygen atoms in total. The van der Waals surface area contributed by atoms with Crippen molar-refractivity contribution in [2.24, 2.45) is 45.8 Å². The Balaban J connectivity index is 1.02. The van der Waals surface area contributed by atoms with E-state index in [0.29, 0.717) is 37.1 Å². The lowest BCUT2D eigenvalue weighted by Gasteiger charge is -2.58. The fraction of sp³-hybridized carbons (Fsp3) is 0.643. The monoisotopic (exact) mass is 635 g/mol. The second-order valence-corrected chi connectivity index (χ2v) is 18.0. The highest BCUT2D eigenvalue weighted by Crippen LogP contribution is 2.66. The Morgan fingerprint density at radius 3 is 2.30 bits per heavy atom. The summed E-state index contributed by atoms with van der Waals surface area (Å²) in [5, 5.41) is 25.5. The van der Waals surface area contributed by atoms with Crippen molar-refractivity contribution in [3.05, 3.63) is 65.8 Å². The van der Waals surface area contributed by atoms with Gasteiger partial charge in [0.2, 0.25) is 0 Å². The SMILES string of the molecule is C[C@]12CC[C@H](O)CC1=CC=C1[C@@H]2CC[C@@]2(C)[C@H]1CC[C@@]2(O)CN(CC12CC3CC(CC(C3)C1)C2)C(=O)Oc1ccc2ccccc2c1. The summed E-state index contributed by atoms with van der Waals surface area (Å²) in [6, 6.07) is 14.1. The molecule has 0 radical (unpaired) electrons. The van der Waals surface area contributed by atoms with Crippen molar-refractivity contribution in [3.63, 3.8) is 0 Å².